The van der Waals surface area contributed by atoms with Crippen LogP contribution in [0.25, 0.3) is 0 Å². The number of halogens is 1. The van der Waals surface area contributed by atoms with E-state index in [0.29, 0.717) is 18.6 Å². The van der Waals surface area contributed by atoms with Gasteiger partial charge in [0.25, 0.3) is 0 Å². The molecule has 7 heteroatoms. The number of alkyl halides is 1. The van der Waals surface area contributed by atoms with E-state index < -0.39 is 16.8 Å². The molecule has 0 N–H and O–H groups in total. The summed E-state index contributed by atoms with van der Waals surface area (Å²) in [5, 5.41) is 10.8. The Kier molecular flexibility index (Phi) is 5.95. The molecule has 0 aromatic heterocycles. The van der Waals surface area contributed by atoms with Crippen LogP contribution >= 0.6 is 11.6 Å². The van der Waals surface area contributed by atoms with Gasteiger partial charge in [0.05, 0.1) is 4.92 Å². The third-order valence-corrected chi connectivity index (χ3v) is 2.58. The highest BCUT2D eigenvalue weighted by Crippen LogP contribution is 2.26. The molecule has 0 heterocycles. The first-order valence-corrected chi connectivity index (χ1v) is 6.07. The van der Waals surface area contributed by atoms with Crippen LogP contribution < -0.4 is 4.74 Å². The van der Waals surface area contributed by atoms with E-state index in [9.17, 15) is 19.7 Å². The largest absolute Gasteiger partial charge is 0.468 e. The Bertz CT molecular complexity index is 477. The Hall–Kier alpha value is -1.95. The molecule has 19 heavy (non-hydrogen) atoms. The molecule has 1 rings (SSSR count). The molecule has 0 bridgehead atoms. The highest BCUT2D eigenvalue weighted by molar-refractivity contribution is 6.18. The summed E-state index contributed by atoms with van der Waals surface area (Å²) in [5.74, 6) is -0.263. The third kappa shape index (κ3) is 4.33. The zero-order valence-electron chi connectivity index (χ0n) is 9.95. The summed E-state index contributed by atoms with van der Waals surface area (Å²) in [6.45, 7) is 0. The standard InChI is InChI=1S/C12H12ClNO5/c13-7-3-5-10(16)12(8-15)19-11-6-2-1-4-9(11)14(17)18/h1-2,4,6,8,12H,3,5,7H2. The molecule has 0 aliphatic heterocycles. The van der Waals surface area contributed by atoms with Crippen molar-refractivity contribution in [2.75, 3.05) is 5.88 Å². The van der Waals surface area contributed by atoms with Gasteiger partial charge in [0, 0.05) is 18.4 Å². The molecule has 0 aliphatic rings. The number of carbonyl (C=O) groups is 2. The number of nitro groups is 1. The average molecular weight is 286 g/mol. The van der Waals surface area contributed by atoms with Crippen molar-refractivity contribution in [3.8, 4) is 5.75 Å². The van der Waals surface area contributed by atoms with E-state index in [-0.39, 0.29) is 17.9 Å². The van der Waals surface area contributed by atoms with E-state index in [4.69, 9.17) is 16.3 Å². The van der Waals surface area contributed by atoms with Crippen LogP contribution in [0.2, 0.25) is 0 Å². The van der Waals surface area contributed by atoms with E-state index >= 15 is 0 Å². The maximum absolute atomic E-state index is 11.6. The summed E-state index contributed by atoms with van der Waals surface area (Å²) in [6.07, 6.45) is -0.504. The van der Waals surface area contributed by atoms with Crippen molar-refractivity contribution >= 4 is 29.4 Å². The monoisotopic (exact) mass is 285 g/mol. The number of ketones is 1. The maximum Gasteiger partial charge on any atom is 0.310 e. The van der Waals surface area contributed by atoms with Gasteiger partial charge in [-0.3, -0.25) is 19.7 Å². The lowest BCUT2D eigenvalue weighted by Crippen LogP contribution is -2.29. The normalized spacial score (nSPS) is 11.6. The summed E-state index contributed by atoms with van der Waals surface area (Å²) >= 11 is 5.45. The number of rotatable bonds is 8. The first kappa shape index (κ1) is 15.1. The van der Waals surface area contributed by atoms with Crippen LogP contribution in [0.5, 0.6) is 5.75 Å². The highest BCUT2D eigenvalue weighted by atomic mass is 35.5. The van der Waals surface area contributed by atoms with Crippen molar-refractivity contribution in [3.63, 3.8) is 0 Å². The molecule has 1 aromatic rings. The molecular formula is C12H12ClNO5. The van der Waals surface area contributed by atoms with Crippen molar-refractivity contribution in [3.05, 3.63) is 34.4 Å². The van der Waals surface area contributed by atoms with Gasteiger partial charge < -0.3 is 4.74 Å². The molecule has 0 aliphatic carbocycles. The summed E-state index contributed by atoms with van der Waals surface area (Å²) in [6, 6.07) is 5.56. The second-order valence-corrected chi connectivity index (χ2v) is 4.04. The molecule has 0 fully saturated rings. The molecule has 6 nitrogen and oxygen atoms in total. The number of nitrogens with zero attached hydrogens (tertiary/aromatic N) is 1. The van der Waals surface area contributed by atoms with Crippen molar-refractivity contribution in [1.29, 1.82) is 0 Å². The lowest BCUT2D eigenvalue weighted by atomic mass is 10.1. The van der Waals surface area contributed by atoms with Gasteiger partial charge in [-0.15, -0.1) is 11.6 Å². The fraction of sp³-hybridized carbons (Fsp3) is 0.333. The lowest BCUT2D eigenvalue weighted by molar-refractivity contribution is -0.385. The van der Waals surface area contributed by atoms with Gasteiger partial charge in [0.15, 0.2) is 17.8 Å². The number of nitro benzene ring substituents is 1. The van der Waals surface area contributed by atoms with Gasteiger partial charge in [-0.2, -0.15) is 0 Å². The number of aldehydes is 1. The third-order valence-electron chi connectivity index (χ3n) is 2.31. The van der Waals surface area contributed by atoms with Gasteiger partial charge in [-0.25, -0.2) is 0 Å². The van der Waals surface area contributed by atoms with Crippen LogP contribution in [0.4, 0.5) is 5.69 Å². The molecule has 1 unspecified atom stereocenters. The number of para-hydroxylation sites is 2. The van der Waals surface area contributed by atoms with Gasteiger partial charge in [-0.1, -0.05) is 12.1 Å². The van der Waals surface area contributed by atoms with Crippen LogP contribution in [-0.2, 0) is 9.59 Å². The molecule has 0 amide bonds. The second-order valence-electron chi connectivity index (χ2n) is 3.66. The van der Waals surface area contributed by atoms with Crippen LogP contribution in [-0.4, -0.2) is 29.0 Å². The smallest absolute Gasteiger partial charge is 0.310 e. The first-order valence-electron chi connectivity index (χ1n) is 5.54. The van der Waals surface area contributed by atoms with Crippen LogP contribution in [0, 0.1) is 10.1 Å². The van der Waals surface area contributed by atoms with E-state index in [2.05, 4.69) is 0 Å². The molecular weight excluding hydrogens is 274 g/mol. The number of ether oxygens (including phenoxy) is 1. The van der Waals surface area contributed by atoms with Gasteiger partial charge in [0.1, 0.15) is 0 Å². The highest BCUT2D eigenvalue weighted by Gasteiger charge is 2.23. The minimum atomic E-state index is -1.34. The molecule has 102 valence electrons. The first-order chi connectivity index (χ1) is 9.10. The number of hydrogen-bond donors (Lipinski definition) is 0. The fourth-order valence-electron chi connectivity index (χ4n) is 1.40. The Morgan fingerprint density at radius 2 is 2.16 bits per heavy atom. The topological polar surface area (TPSA) is 86.5 Å². The lowest BCUT2D eigenvalue weighted by Gasteiger charge is -2.12. The number of Topliss-reactive ketones (excluding diaryl/α,β-unsaturated/α-hetero) is 1. The summed E-state index contributed by atoms with van der Waals surface area (Å²) in [4.78, 5) is 32.6. The van der Waals surface area contributed by atoms with Gasteiger partial charge in [0.2, 0.25) is 6.10 Å². The summed E-state index contributed by atoms with van der Waals surface area (Å²) < 4.78 is 5.11. The predicted octanol–water partition coefficient (Wildman–Crippen LogP) is 2.13. The van der Waals surface area contributed by atoms with Gasteiger partial charge >= 0.3 is 5.69 Å². The fourth-order valence-corrected chi connectivity index (χ4v) is 1.53. The minimum Gasteiger partial charge on any atom is -0.468 e. The Balaban J connectivity index is 2.84. The average Bonchev–Trinajstić information content (AvgIpc) is 2.42. The number of hydrogen-bond acceptors (Lipinski definition) is 5. The van der Waals surface area contributed by atoms with Crippen molar-refractivity contribution in [1.82, 2.24) is 0 Å². The SMILES string of the molecule is O=CC(Oc1ccccc1[N+](=O)[O-])C(=O)CCCCl. The Morgan fingerprint density at radius 3 is 2.74 bits per heavy atom. The molecule has 0 saturated heterocycles. The van der Waals surface area contributed by atoms with E-state index in [1.165, 1.54) is 24.3 Å². The van der Waals surface area contributed by atoms with Crippen molar-refractivity contribution in [2.45, 2.75) is 18.9 Å². The zero-order chi connectivity index (χ0) is 14.3. The number of benzene rings is 1. The van der Waals surface area contributed by atoms with E-state index in [1.54, 1.807) is 0 Å². The van der Waals surface area contributed by atoms with Crippen molar-refractivity contribution < 1.29 is 19.2 Å². The van der Waals surface area contributed by atoms with Crippen LogP contribution in [0.1, 0.15) is 12.8 Å². The maximum atomic E-state index is 11.6. The number of carbonyl (C=O) groups excluding carboxylic acids is 2. The zero-order valence-corrected chi connectivity index (χ0v) is 10.7. The predicted molar refractivity (Wildman–Crippen MR) is 68.5 cm³/mol. The van der Waals surface area contributed by atoms with E-state index in [1.807, 2.05) is 0 Å². The van der Waals surface area contributed by atoms with Crippen LogP contribution in [0.3, 0.4) is 0 Å². The summed E-state index contributed by atoms with van der Waals surface area (Å²) in [7, 11) is 0. The van der Waals surface area contributed by atoms with Crippen molar-refractivity contribution in [2.24, 2.45) is 0 Å². The molecule has 0 radical (unpaired) electrons. The molecule has 1 aromatic carbocycles. The molecule has 0 spiro atoms. The second kappa shape index (κ2) is 7.48. The molecule has 0 saturated carbocycles. The quantitative estimate of drug-likeness (QED) is 0.240. The summed E-state index contributed by atoms with van der Waals surface area (Å²) in [5.41, 5.74) is -0.292. The Labute approximate surface area is 114 Å². The van der Waals surface area contributed by atoms with E-state index in [0.717, 1.165) is 0 Å². The molecule has 1 atom stereocenters. The van der Waals surface area contributed by atoms with Crippen LogP contribution in [0.15, 0.2) is 24.3 Å². The Morgan fingerprint density at radius 1 is 1.47 bits per heavy atom. The minimum absolute atomic E-state index is 0.0908. The van der Waals surface area contributed by atoms with Gasteiger partial charge in [-0.05, 0) is 12.5 Å².